The summed E-state index contributed by atoms with van der Waals surface area (Å²) in [5.74, 6) is 5.28. The fourth-order valence-corrected chi connectivity index (χ4v) is 1.18. The van der Waals surface area contributed by atoms with E-state index >= 15 is 0 Å². The van der Waals surface area contributed by atoms with Crippen LogP contribution in [-0.4, -0.2) is 12.1 Å². The Morgan fingerprint density at radius 2 is 2.27 bits per heavy atom. The number of hydrogen-bond acceptors (Lipinski definition) is 2. The topological polar surface area (TPSA) is 26.3 Å². The molecule has 3 heteroatoms. The fraction of sp³-hybridized carbons (Fsp3) is 0.583. The number of carbonyl (C=O) groups is 1. The lowest BCUT2D eigenvalue weighted by Gasteiger charge is -2.09. The van der Waals surface area contributed by atoms with E-state index < -0.39 is 0 Å². The molecule has 0 fully saturated rings. The van der Waals surface area contributed by atoms with Crippen LogP contribution < -0.4 is 0 Å². The molecule has 0 aromatic rings. The Labute approximate surface area is 96.6 Å². The zero-order chi connectivity index (χ0) is 11.5. The van der Waals surface area contributed by atoms with Crippen molar-refractivity contribution in [3.8, 4) is 11.8 Å². The molecule has 0 radical (unpaired) electrons. The summed E-state index contributed by atoms with van der Waals surface area (Å²) in [6, 6.07) is 0. The zero-order valence-corrected chi connectivity index (χ0v) is 10.0. The second kappa shape index (κ2) is 9.61. The third-order valence-electron chi connectivity index (χ3n) is 1.77. The molecule has 0 rings (SSSR count). The van der Waals surface area contributed by atoms with Crippen molar-refractivity contribution in [3.05, 3.63) is 11.6 Å². The quantitative estimate of drug-likeness (QED) is 0.410. The number of ether oxygens (including phenoxy) is 1. The van der Waals surface area contributed by atoms with Crippen LogP contribution in [0.4, 0.5) is 0 Å². The van der Waals surface area contributed by atoms with E-state index in [1.54, 1.807) is 0 Å². The minimum absolute atomic E-state index is 0.291. The van der Waals surface area contributed by atoms with E-state index in [1.807, 2.05) is 0 Å². The number of unbranched alkanes of at least 4 members (excludes halogenated alkanes) is 2. The van der Waals surface area contributed by atoms with Gasteiger partial charge in [-0.05, 0) is 18.9 Å². The van der Waals surface area contributed by atoms with Crippen LogP contribution >= 0.6 is 11.6 Å². The van der Waals surface area contributed by atoms with Gasteiger partial charge in [-0.25, -0.2) is 0 Å². The highest BCUT2D eigenvalue weighted by Gasteiger charge is 2.07. The summed E-state index contributed by atoms with van der Waals surface area (Å²) in [4.78, 5) is 10.8. The van der Waals surface area contributed by atoms with Crippen LogP contribution in [0.1, 0.15) is 39.5 Å². The van der Waals surface area contributed by atoms with E-state index in [0.717, 1.165) is 25.7 Å². The lowest BCUT2D eigenvalue weighted by molar-refractivity contribution is -0.144. The summed E-state index contributed by atoms with van der Waals surface area (Å²) in [7, 11) is 0. The van der Waals surface area contributed by atoms with Crippen molar-refractivity contribution >= 4 is 17.6 Å². The highest BCUT2D eigenvalue weighted by atomic mass is 35.5. The first-order valence-corrected chi connectivity index (χ1v) is 5.57. The van der Waals surface area contributed by atoms with Gasteiger partial charge < -0.3 is 4.74 Å². The maximum absolute atomic E-state index is 10.8. The predicted octanol–water partition coefficient (Wildman–Crippen LogP) is 3.25. The Kier molecular flexibility index (Phi) is 9.01. The number of halogens is 1. The molecule has 0 aliphatic rings. The summed E-state index contributed by atoms with van der Waals surface area (Å²) in [6.07, 6.45) is 5.30. The number of allylic oxidation sites excluding steroid dienone is 1. The van der Waals surface area contributed by atoms with E-state index in [2.05, 4.69) is 18.8 Å². The van der Waals surface area contributed by atoms with Gasteiger partial charge >= 0.3 is 5.97 Å². The normalized spacial score (nSPS) is 11.9. The largest absolute Gasteiger partial charge is 0.449 e. The van der Waals surface area contributed by atoms with Gasteiger partial charge in [-0.1, -0.05) is 43.2 Å². The molecule has 1 atom stereocenters. The highest BCUT2D eigenvalue weighted by Crippen LogP contribution is 2.06. The van der Waals surface area contributed by atoms with Crippen LogP contribution in [0.25, 0.3) is 0 Å². The van der Waals surface area contributed by atoms with E-state index in [9.17, 15) is 4.79 Å². The van der Waals surface area contributed by atoms with Crippen molar-refractivity contribution in [1.29, 1.82) is 0 Å². The number of carbonyl (C=O) groups excluding carboxylic acids is 1. The predicted molar refractivity (Wildman–Crippen MR) is 62.5 cm³/mol. The van der Waals surface area contributed by atoms with Gasteiger partial charge in [-0.2, -0.15) is 0 Å². The third kappa shape index (κ3) is 9.37. The highest BCUT2D eigenvalue weighted by molar-refractivity contribution is 6.25. The van der Waals surface area contributed by atoms with E-state index in [0.29, 0.717) is 0 Å². The van der Waals surface area contributed by atoms with Crippen molar-refractivity contribution in [2.24, 2.45) is 0 Å². The smallest absolute Gasteiger partial charge is 0.303 e. The molecule has 2 nitrogen and oxygen atoms in total. The second-order valence-corrected chi connectivity index (χ2v) is 3.43. The molecule has 0 bridgehead atoms. The first-order chi connectivity index (χ1) is 7.20. The molecule has 0 spiro atoms. The average Bonchev–Trinajstić information content (AvgIpc) is 2.17. The maximum Gasteiger partial charge on any atom is 0.303 e. The summed E-state index contributed by atoms with van der Waals surface area (Å²) in [5.41, 5.74) is 1.34. The minimum Gasteiger partial charge on any atom is -0.449 e. The molecule has 15 heavy (non-hydrogen) atoms. The van der Waals surface area contributed by atoms with Crippen LogP contribution in [0.3, 0.4) is 0 Å². The molecular formula is C12H17ClO2. The molecule has 0 heterocycles. The number of esters is 1. The molecule has 0 aliphatic carbocycles. The molecule has 84 valence electrons. The van der Waals surface area contributed by atoms with Gasteiger partial charge in [-0.3, -0.25) is 4.79 Å². The van der Waals surface area contributed by atoms with Gasteiger partial charge in [-0.15, -0.1) is 0 Å². The summed E-state index contributed by atoms with van der Waals surface area (Å²) in [5, 5.41) is 0. The molecule has 0 aliphatic heterocycles. The van der Waals surface area contributed by atoms with Crippen molar-refractivity contribution in [2.45, 2.75) is 45.6 Å². The minimum atomic E-state index is -0.304. The first-order valence-electron chi connectivity index (χ1n) is 5.14. The SMILES string of the molecule is CCCCCC(C#C/C=C\Cl)OC(C)=O. The molecule has 0 saturated carbocycles. The fourth-order valence-electron chi connectivity index (χ4n) is 1.11. The monoisotopic (exact) mass is 228 g/mol. The maximum atomic E-state index is 10.8. The molecular weight excluding hydrogens is 212 g/mol. The molecule has 0 aromatic carbocycles. The van der Waals surface area contributed by atoms with Crippen LogP contribution in [0.5, 0.6) is 0 Å². The van der Waals surface area contributed by atoms with Crippen LogP contribution in [0.2, 0.25) is 0 Å². The molecule has 0 aromatic heterocycles. The van der Waals surface area contributed by atoms with Crippen LogP contribution in [0, 0.1) is 11.8 Å². The van der Waals surface area contributed by atoms with Gasteiger partial charge in [0.1, 0.15) is 0 Å². The Bertz CT molecular complexity index is 261. The van der Waals surface area contributed by atoms with Gasteiger partial charge in [0.2, 0.25) is 0 Å². The third-order valence-corrected chi connectivity index (χ3v) is 1.89. The van der Waals surface area contributed by atoms with Gasteiger partial charge in [0.15, 0.2) is 6.10 Å². The lowest BCUT2D eigenvalue weighted by Crippen LogP contribution is -2.14. The lowest BCUT2D eigenvalue weighted by atomic mass is 10.1. The molecule has 0 N–H and O–H groups in total. The van der Waals surface area contributed by atoms with E-state index in [-0.39, 0.29) is 12.1 Å². The van der Waals surface area contributed by atoms with Gasteiger partial charge in [0, 0.05) is 12.5 Å². The van der Waals surface area contributed by atoms with Crippen molar-refractivity contribution in [3.63, 3.8) is 0 Å². The Balaban J connectivity index is 4.07. The number of hydrogen-bond donors (Lipinski definition) is 0. The van der Waals surface area contributed by atoms with Crippen molar-refractivity contribution in [2.75, 3.05) is 0 Å². The Hall–Kier alpha value is -0.940. The molecule has 0 saturated heterocycles. The second-order valence-electron chi connectivity index (χ2n) is 3.18. The Morgan fingerprint density at radius 3 is 2.80 bits per heavy atom. The van der Waals surface area contributed by atoms with Crippen molar-refractivity contribution in [1.82, 2.24) is 0 Å². The summed E-state index contributed by atoms with van der Waals surface area (Å²) >= 11 is 5.33. The summed E-state index contributed by atoms with van der Waals surface area (Å²) in [6.45, 7) is 3.52. The van der Waals surface area contributed by atoms with E-state index in [4.69, 9.17) is 16.3 Å². The van der Waals surface area contributed by atoms with E-state index in [1.165, 1.54) is 18.5 Å². The Morgan fingerprint density at radius 1 is 1.53 bits per heavy atom. The number of rotatable bonds is 5. The molecule has 1 unspecified atom stereocenters. The zero-order valence-electron chi connectivity index (χ0n) is 9.25. The first kappa shape index (κ1) is 14.1. The van der Waals surface area contributed by atoms with Gasteiger partial charge in [0.05, 0.1) is 0 Å². The summed E-state index contributed by atoms with van der Waals surface area (Å²) < 4.78 is 5.05. The average molecular weight is 229 g/mol. The molecule has 0 amide bonds. The van der Waals surface area contributed by atoms with Gasteiger partial charge in [0.25, 0.3) is 0 Å². The van der Waals surface area contributed by atoms with Crippen LogP contribution in [-0.2, 0) is 9.53 Å². The van der Waals surface area contributed by atoms with Crippen molar-refractivity contribution < 1.29 is 9.53 Å². The standard InChI is InChI=1S/C12H17ClO2/c1-3-4-5-8-12(15-11(2)14)9-6-7-10-13/h7,10,12H,3-5,8H2,1-2H3/b10-7-. The van der Waals surface area contributed by atoms with Crippen LogP contribution in [0.15, 0.2) is 11.6 Å².